The number of rotatable bonds is 2. The molecule has 0 radical (unpaired) electrons. The van der Waals surface area contributed by atoms with Crippen LogP contribution in [0.2, 0.25) is 0 Å². The Labute approximate surface area is 120 Å². The molecule has 0 atom stereocenters. The average molecular weight is 281 g/mol. The lowest BCUT2D eigenvalue weighted by Gasteiger charge is -1.98. The third-order valence-corrected chi connectivity index (χ3v) is 1.39. The summed E-state index contributed by atoms with van der Waals surface area (Å²) in [5.41, 5.74) is 0.787. The zero-order valence-electron chi connectivity index (χ0n) is 12.7. The van der Waals surface area contributed by atoms with Gasteiger partial charge >= 0.3 is 11.9 Å². The Morgan fingerprint density at radius 3 is 1.30 bits per heavy atom. The van der Waals surface area contributed by atoms with E-state index in [-0.39, 0.29) is 11.1 Å². The van der Waals surface area contributed by atoms with Gasteiger partial charge in [-0.15, -0.1) is 6.58 Å². The van der Waals surface area contributed by atoms with Crippen LogP contribution < -0.4 is 0 Å². The molecule has 20 heavy (non-hydrogen) atoms. The predicted octanol–water partition coefficient (Wildman–Crippen LogP) is 2.84. The molecule has 112 valence electrons. The van der Waals surface area contributed by atoms with Crippen LogP contribution in [0.25, 0.3) is 0 Å². The number of aromatic carboxylic acids is 2. The molecule has 5 heteroatoms. The van der Waals surface area contributed by atoms with Crippen molar-refractivity contribution >= 4 is 11.9 Å². The summed E-state index contributed by atoms with van der Waals surface area (Å²) in [6, 6.07) is 5.48. The van der Waals surface area contributed by atoms with E-state index in [2.05, 4.69) is 6.58 Å². The zero-order valence-corrected chi connectivity index (χ0v) is 12.7. The highest BCUT2D eigenvalue weighted by Gasteiger charge is 2.13. The van der Waals surface area contributed by atoms with Gasteiger partial charge in [0, 0.05) is 0 Å². The van der Waals surface area contributed by atoms with Crippen LogP contribution in [0, 0.1) is 0 Å². The Bertz CT molecular complexity index is 413. The normalized spacial score (nSPS) is 8.70. The fourth-order valence-corrected chi connectivity index (χ4v) is 0.856. The molecule has 0 aliphatic carbocycles. The number of allylic oxidation sites excluding steroid dienone is 1. The monoisotopic (exact) mass is 281 g/mol. The average Bonchev–Trinajstić information content (AvgIpc) is 2.27. The van der Waals surface area contributed by atoms with E-state index in [1.165, 1.54) is 29.8 Å². The van der Waals surface area contributed by atoms with Gasteiger partial charge in [0.1, 0.15) is 0 Å². The van der Waals surface area contributed by atoms with Crippen LogP contribution in [-0.4, -0.2) is 48.2 Å². The van der Waals surface area contributed by atoms with E-state index >= 15 is 0 Å². The minimum Gasteiger partial charge on any atom is -0.478 e. The van der Waals surface area contributed by atoms with Crippen molar-refractivity contribution in [3.05, 3.63) is 47.5 Å². The number of benzene rings is 1. The van der Waals surface area contributed by atoms with Crippen LogP contribution in [0.5, 0.6) is 0 Å². The maximum absolute atomic E-state index is 10.5. The van der Waals surface area contributed by atoms with Gasteiger partial charge in [-0.05, 0) is 47.1 Å². The standard InChI is InChI=1S/C8H6O4.C4H8.C3H9N/c9-7(10)5-3-1-2-4-6(5)8(11)12;2*1-4(2)3/h1-4H,(H,9,10)(H,11,12);1H2,2-3H3;1-3H3. The predicted molar refractivity (Wildman–Crippen MR) is 80.5 cm³/mol. The minimum atomic E-state index is -1.23. The molecule has 0 unspecified atom stereocenters. The number of hydrogen-bond acceptors (Lipinski definition) is 3. The van der Waals surface area contributed by atoms with Gasteiger partial charge in [-0.2, -0.15) is 0 Å². The van der Waals surface area contributed by atoms with Gasteiger partial charge in [0.05, 0.1) is 11.1 Å². The van der Waals surface area contributed by atoms with Crippen molar-refractivity contribution in [3.8, 4) is 0 Å². The smallest absolute Gasteiger partial charge is 0.336 e. The second kappa shape index (κ2) is 10.8. The number of nitrogens with zero attached hydrogens (tertiary/aromatic N) is 1. The van der Waals surface area contributed by atoms with E-state index in [4.69, 9.17) is 10.2 Å². The van der Waals surface area contributed by atoms with Crippen molar-refractivity contribution in [2.24, 2.45) is 0 Å². The quantitative estimate of drug-likeness (QED) is 0.815. The molecule has 5 nitrogen and oxygen atoms in total. The van der Waals surface area contributed by atoms with E-state index < -0.39 is 11.9 Å². The van der Waals surface area contributed by atoms with E-state index in [0.717, 1.165) is 0 Å². The summed E-state index contributed by atoms with van der Waals surface area (Å²) >= 11 is 0. The highest BCUT2D eigenvalue weighted by Crippen LogP contribution is 2.07. The first kappa shape index (κ1) is 20.2. The van der Waals surface area contributed by atoms with Gasteiger partial charge in [-0.25, -0.2) is 9.59 Å². The van der Waals surface area contributed by atoms with Gasteiger partial charge in [0.2, 0.25) is 0 Å². The SMILES string of the molecule is C=C(C)C.CN(C)C.O=C(O)c1ccccc1C(=O)O. The third kappa shape index (κ3) is 12.3. The highest BCUT2D eigenvalue weighted by atomic mass is 16.4. The Morgan fingerprint density at radius 2 is 1.15 bits per heavy atom. The van der Waals surface area contributed by atoms with Crippen molar-refractivity contribution in [1.82, 2.24) is 4.90 Å². The lowest BCUT2D eigenvalue weighted by molar-refractivity contribution is 0.0651. The Morgan fingerprint density at radius 1 is 0.950 bits per heavy atom. The molecular formula is C15H23NO4. The van der Waals surface area contributed by atoms with Crippen molar-refractivity contribution < 1.29 is 19.8 Å². The molecule has 0 saturated carbocycles. The van der Waals surface area contributed by atoms with Crippen LogP contribution in [0.1, 0.15) is 34.6 Å². The molecule has 0 aliphatic heterocycles. The molecule has 0 aromatic heterocycles. The summed E-state index contributed by atoms with van der Waals surface area (Å²) in [6.07, 6.45) is 0. The Kier molecular flexibility index (Phi) is 10.9. The van der Waals surface area contributed by atoms with E-state index in [1.54, 1.807) is 0 Å². The van der Waals surface area contributed by atoms with Crippen molar-refractivity contribution in [2.75, 3.05) is 21.1 Å². The molecule has 1 rings (SSSR count). The van der Waals surface area contributed by atoms with Crippen LogP contribution in [0.4, 0.5) is 0 Å². The first-order valence-corrected chi connectivity index (χ1v) is 5.88. The highest BCUT2D eigenvalue weighted by molar-refractivity contribution is 6.01. The lowest BCUT2D eigenvalue weighted by atomic mass is 10.1. The summed E-state index contributed by atoms with van der Waals surface area (Å²) in [7, 11) is 6.00. The van der Waals surface area contributed by atoms with E-state index in [0.29, 0.717) is 0 Å². The lowest BCUT2D eigenvalue weighted by Crippen LogP contribution is -2.06. The molecule has 1 aromatic carbocycles. The van der Waals surface area contributed by atoms with E-state index in [9.17, 15) is 9.59 Å². The summed E-state index contributed by atoms with van der Waals surface area (Å²) in [5.74, 6) is -2.46. The number of carbonyl (C=O) groups is 2. The van der Waals surface area contributed by atoms with Gasteiger partial charge in [0.15, 0.2) is 0 Å². The summed E-state index contributed by atoms with van der Waals surface area (Å²) < 4.78 is 0. The molecule has 2 N–H and O–H groups in total. The van der Waals surface area contributed by atoms with Crippen molar-refractivity contribution in [3.63, 3.8) is 0 Å². The number of carboxylic acids is 2. The van der Waals surface area contributed by atoms with Crippen LogP contribution in [0.3, 0.4) is 0 Å². The molecular weight excluding hydrogens is 258 g/mol. The Hall–Kier alpha value is -2.14. The second-order valence-corrected chi connectivity index (χ2v) is 4.70. The molecule has 0 bridgehead atoms. The van der Waals surface area contributed by atoms with Gasteiger partial charge in [-0.3, -0.25) is 0 Å². The van der Waals surface area contributed by atoms with Crippen LogP contribution >= 0.6 is 0 Å². The van der Waals surface area contributed by atoms with Crippen LogP contribution in [-0.2, 0) is 0 Å². The molecule has 0 saturated heterocycles. The fourth-order valence-electron chi connectivity index (χ4n) is 0.856. The Balaban J connectivity index is 0. The van der Waals surface area contributed by atoms with Crippen LogP contribution in [0.15, 0.2) is 36.4 Å². The van der Waals surface area contributed by atoms with Crippen molar-refractivity contribution in [1.29, 1.82) is 0 Å². The largest absolute Gasteiger partial charge is 0.478 e. The molecule has 0 spiro atoms. The molecule has 0 heterocycles. The van der Waals surface area contributed by atoms with Crippen molar-refractivity contribution in [2.45, 2.75) is 13.8 Å². The molecule has 0 amide bonds. The first-order chi connectivity index (χ1) is 9.09. The molecule has 1 aromatic rings. The maximum Gasteiger partial charge on any atom is 0.336 e. The number of carboxylic acid groups (broad SMARTS) is 2. The summed E-state index contributed by atoms with van der Waals surface area (Å²) in [6.45, 7) is 7.50. The molecule has 0 aliphatic rings. The second-order valence-electron chi connectivity index (χ2n) is 4.70. The fraction of sp³-hybridized carbons (Fsp3) is 0.333. The summed E-state index contributed by atoms with van der Waals surface area (Å²) in [5, 5.41) is 17.1. The van der Waals surface area contributed by atoms with Gasteiger partial charge in [0.25, 0.3) is 0 Å². The zero-order chi connectivity index (χ0) is 16.3. The topological polar surface area (TPSA) is 77.8 Å². The van der Waals surface area contributed by atoms with Gasteiger partial charge < -0.3 is 15.1 Å². The van der Waals surface area contributed by atoms with Gasteiger partial charge in [-0.1, -0.05) is 17.7 Å². The first-order valence-electron chi connectivity index (χ1n) is 5.88. The number of hydrogen-bond donors (Lipinski definition) is 2. The molecule has 0 fully saturated rings. The third-order valence-electron chi connectivity index (χ3n) is 1.39. The minimum absolute atomic E-state index is 0.190. The maximum atomic E-state index is 10.5. The summed E-state index contributed by atoms with van der Waals surface area (Å²) in [4.78, 5) is 22.9. The van der Waals surface area contributed by atoms with E-state index in [1.807, 2.05) is 39.9 Å².